The highest BCUT2D eigenvalue weighted by molar-refractivity contribution is 7.89. The SMILES string of the molecule is CCCC(NC(=O)c1ccc(C(F)(F)F)cc1)C(=O)N1CCC2C1C(=O)CN2S(=O)(=O)c1cccc[n+]1[O-]. The predicted octanol–water partition coefficient (Wildman–Crippen LogP) is 1.48. The van der Waals surface area contributed by atoms with Crippen molar-refractivity contribution in [2.75, 3.05) is 13.1 Å². The molecule has 2 fully saturated rings. The van der Waals surface area contributed by atoms with Gasteiger partial charge in [-0.3, -0.25) is 14.4 Å². The molecule has 204 valence electrons. The number of ketones is 1. The third-order valence-corrected chi connectivity index (χ3v) is 8.54. The summed E-state index contributed by atoms with van der Waals surface area (Å²) in [6.45, 7) is 1.31. The number of hydrogen-bond donors (Lipinski definition) is 1. The van der Waals surface area contributed by atoms with E-state index in [1.807, 2.05) is 0 Å². The van der Waals surface area contributed by atoms with Crippen LogP contribution in [0.15, 0.2) is 53.7 Å². The fourth-order valence-electron chi connectivity index (χ4n) is 4.87. The summed E-state index contributed by atoms with van der Waals surface area (Å²) in [6.07, 6.45) is -2.72. The number of alkyl halides is 3. The Balaban J connectivity index is 1.52. The van der Waals surface area contributed by atoms with Crippen molar-refractivity contribution in [3.8, 4) is 0 Å². The number of fused-ring (bicyclic) bond motifs is 1. The maximum atomic E-state index is 13.4. The van der Waals surface area contributed by atoms with Crippen LogP contribution in [0.3, 0.4) is 0 Å². The average molecular weight is 555 g/mol. The van der Waals surface area contributed by atoms with Gasteiger partial charge in [-0.25, -0.2) is 8.42 Å². The second-order valence-electron chi connectivity index (χ2n) is 9.10. The highest BCUT2D eigenvalue weighted by Crippen LogP contribution is 2.34. The minimum atomic E-state index is -4.56. The highest BCUT2D eigenvalue weighted by atomic mass is 32.2. The first-order valence-corrected chi connectivity index (χ1v) is 13.3. The lowest BCUT2D eigenvalue weighted by molar-refractivity contribution is -0.646. The van der Waals surface area contributed by atoms with E-state index in [2.05, 4.69) is 5.32 Å². The van der Waals surface area contributed by atoms with E-state index in [0.29, 0.717) is 6.42 Å². The maximum Gasteiger partial charge on any atom is 0.416 e. The van der Waals surface area contributed by atoms with Crippen molar-refractivity contribution in [3.63, 3.8) is 0 Å². The van der Waals surface area contributed by atoms with E-state index >= 15 is 0 Å². The van der Waals surface area contributed by atoms with E-state index in [1.54, 1.807) is 6.92 Å². The summed E-state index contributed by atoms with van der Waals surface area (Å²) in [6, 6.07) is 4.40. The van der Waals surface area contributed by atoms with Crippen LogP contribution in [0.1, 0.15) is 42.1 Å². The number of Topliss-reactive ketones (excluding diaryl/α,β-unsaturated/α-hetero) is 1. The van der Waals surface area contributed by atoms with Gasteiger partial charge in [0, 0.05) is 24.2 Å². The van der Waals surface area contributed by atoms with Gasteiger partial charge in [-0.05, 0) is 43.2 Å². The molecular weight excluding hydrogens is 529 g/mol. The largest absolute Gasteiger partial charge is 0.618 e. The Morgan fingerprint density at radius 2 is 1.87 bits per heavy atom. The van der Waals surface area contributed by atoms with E-state index in [0.717, 1.165) is 40.8 Å². The molecular formula is C24H25F3N4O6S. The molecule has 3 heterocycles. The number of benzene rings is 1. The number of carbonyl (C=O) groups excluding carboxylic acids is 3. The minimum Gasteiger partial charge on any atom is -0.618 e. The molecule has 10 nitrogen and oxygen atoms in total. The van der Waals surface area contributed by atoms with Gasteiger partial charge in [-0.1, -0.05) is 13.3 Å². The second kappa shape index (κ2) is 10.3. The number of pyridine rings is 1. The summed E-state index contributed by atoms with van der Waals surface area (Å²) in [5.41, 5.74) is -0.996. The number of rotatable bonds is 7. The van der Waals surface area contributed by atoms with Crippen molar-refractivity contribution in [1.82, 2.24) is 14.5 Å². The molecule has 2 amide bonds. The van der Waals surface area contributed by atoms with Gasteiger partial charge in [0.25, 0.3) is 5.91 Å². The second-order valence-corrected chi connectivity index (χ2v) is 10.9. The highest BCUT2D eigenvalue weighted by Gasteiger charge is 2.55. The zero-order valence-electron chi connectivity index (χ0n) is 20.2. The van der Waals surface area contributed by atoms with Crippen LogP contribution in [-0.4, -0.2) is 66.4 Å². The van der Waals surface area contributed by atoms with E-state index in [-0.39, 0.29) is 29.7 Å². The lowest BCUT2D eigenvalue weighted by Gasteiger charge is -2.28. The number of nitrogens with one attached hydrogen (secondary N) is 1. The number of amides is 2. The van der Waals surface area contributed by atoms with Gasteiger partial charge in [-0.2, -0.15) is 22.2 Å². The number of sulfonamides is 1. The first kappa shape index (κ1) is 27.5. The number of halogens is 3. The molecule has 0 aliphatic carbocycles. The van der Waals surface area contributed by atoms with Gasteiger partial charge in [0.15, 0.2) is 12.0 Å². The standard InChI is InChI=1S/C24H25F3N4O6S/c1-2-5-17(28-22(33)15-7-9-16(10-8-15)24(25,26)27)23(34)29-13-11-18-21(29)19(32)14-31(18)38(36,37)20-6-3-4-12-30(20)35/h3-4,6-10,12,17-18,21H,2,5,11,13-14H2,1H3,(H,28,33). The molecule has 2 aromatic rings. The van der Waals surface area contributed by atoms with Crippen LogP contribution in [0.2, 0.25) is 0 Å². The predicted molar refractivity (Wildman–Crippen MR) is 126 cm³/mol. The van der Waals surface area contributed by atoms with Gasteiger partial charge < -0.3 is 15.4 Å². The Labute approximate surface area is 216 Å². The topological polar surface area (TPSA) is 131 Å². The molecule has 1 N–H and O–H groups in total. The van der Waals surface area contributed by atoms with Gasteiger partial charge >= 0.3 is 21.2 Å². The smallest absolute Gasteiger partial charge is 0.416 e. The Morgan fingerprint density at radius 1 is 1.18 bits per heavy atom. The maximum absolute atomic E-state index is 13.4. The van der Waals surface area contributed by atoms with Crippen LogP contribution in [0.5, 0.6) is 0 Å². The third kappa shape index (κ3) is 5.10. The van der Waals surface area contributed by atoms with E-state index in [1.165, 1.54) is 17.0 Å². The average Bonchev–Trinajstić information content (AvgIpc) is 3.44. The normalized spacial score (nSPS) is 20.8. The summed E-state index contributed by atoms with van der Waals surface area (Å²) in [4.78, 5) is 40.3. The Hall–Kier alpha value is -3.52. The lowest BCUT2D eigenvalue weighted by Crippen LogP contribution is -2.52. The minimum absolute atomic E-state index is 0.0501. The Morgan fingerprint density at radius 3 is 2.47 bits per heavy atom. The van der Waals surface area contributed by atoms with Crippen LogP contribution >= 0.6 is 0 Å². The molecule has 0 radical (unpaired) electrons. The zero-order valence-corrected chi connectivity index (χ0v) is 21.0. The zero-order chi connectivity index (χ0) is 27.8. The van der Waals surface area contributed by atoms with Crippen molar-refractivity contribution >= 4 is 27.6 Å². The van der Waals surface area contributed by atoms with E-state index in [9.17, 15) is 41.2 Å². The van der Waals surface area contributed by atoms with Gasteiger partial charge in [0.2, 0.25) is 5.91 Å². The summed E-state index contributed by atoms with van der Waals surface area (Å²) in [7, 11) is -4.33. The van der Waals surface area contributed by atoms with Crippen LogP contribution in [0, 0.1) is 5.21 Å². The number of aromatic nitrogens is 1. The van der Waals surface area contributed by atoms with Crippen molar-refractivity contribution in [2.45, 2.75) is 55.5 Å². The number of likely N-dealkylation sites (tertiary alicyclic amines) is 1. The number of carbonyl (C=O) groups is 3. The Kier molecular flexibility index (Phi) is 7.48. The molecule has 3 atom stereocenters. The summed E-state index contributed by atoms with van der Waals surface area (Å²) in [5.74, 6) is -1.86. The monoisotopic (exact) mass is 554 g/mol. The molecule has 0 bridgehead atoms. The molecule has 0 spiro atoms. The molecule has 2 aliphatic heterocycles. The molecule has 4 rings (SSSR count). The first-order chi connectivity index (χ1) is 17.9. The summed E-state index contributed by atoms with van der Waals surface area (Å²) >= 11 is 0. The summed E-state index contributed by atoms with van der Waals surface area (Å²) in [5, 5.41) is 14.1. The number of hydrogen-bond acceptors (Lipinski definition) is 6. The fraction of sp³-hybridized carbons (Fsp3) is 0.417. The summed E-state index contributed by atoms with van der Waals surface area (Å²) < 4.78 is 66.0. The molecule has 2 saturated heterocycles. The third-order valence-electron chi connectivity index (χ3n) is 6.68. The Bertz CT molecular complexity index is 1350. The van der Waals surface area contributed by atoms with E-state index < -0.39 is 69.1 Å². The van der Waals surface area contributed by atoms with Crippen molar-refractivity contribution in [3.05, 3.63) is 65.0 Å². The van der Waals surface area contributed by atoms with Gasteiger partial charge in [0.05, 0.1) is 18.2 Å². The molecule has 2 aliphatic rings. The van der Waals surface area contributed by atoms with Gasteiger partial charge in [0.1, 0.15) is 12.1 Å². The van der Waals surface area contributed by atoms with E-state index in [4.69, 9.17) is 0 Å². The number of nitrogens with zero attached hydrogens (tertiary/aromatic N) is 3. The molecule has 1 aromatic carbocycles. The van der Waals surface area contributed by atoms with Crippen LogP contribution < -0.4 is 10.0 Å². The molecule has 1 aromatic heterocycles. The quantitative estimate of drug-likeness (QED) is 0.408. The molecule has 3 unspecified atom stereocenters. The first-order valence-electron chi connectivity index (χ1n) is 11.9. The van der Waals surface area contributed by atoms with Crippen LogP contribution in [-0.2, 0) is 25.8 Å². The van der Waals surface area contributed by atoms with Crippen molar-refractivity contribution in [2.24, 2.45) is 0 Å². The van der Waals surface area contributed by atoms with Crippen molar-refractivity contribution < 1.29 is 40.7 Å². The van der Waals surface area contributed by atoms with Gasteiger partial charge in [-0.15, -0.1) is 0 Å². The van der Waals surface area contributed by atoms with Crippen molar-refractivity contribution in [1.29, 1.82) is 0 Å². The molecule has 14 heteroatoms. The van der Waals surface area contributed by atoms with Crippen LogP contribution in [0.25, 0.3) is 0 Å². The molecule has 38 heavy (non-hydrogen) atoms. The molecule has 0 saturated carbocycles. The fourth-order valence-corrected chi connectivity index (χ4v) is 6.53. The van der Waals surface area contributed by atoms with Crippen LogP contribution in [0.4, 0.5) is 13.2 Å². The lowest BCUT2D eigenvalue weighted by atomic mass is 10.1.